The molecule has 1 aromatic rings. The number of carboxylic acids is 1. The molecule has 13 heavy (non-hydrogen) atoms. The highest BCUT2D eigenvalue weighted by molar-refractivity contribution is 5.87. The smallest absolute Gasteiger partial charge is 0.337 e. The lowest BCUT2D eigenvalue weighted by atomic mass is 10.1. The summed E-state index contributed by atoms with van der Waals surface area (Å²) in [6.07, 6.45) is 1.21. The molecule has 0 amide bonds. The van der Waals surface area contributed by atoms with Crippen molar-refractivity contribution in [3.63, 3.8) is 0 Å². The third-order valence-corrected chi connectivity index (χ3v) is 1.69. The van der Waals surface area contributed by atoms with E-state index < -0.39 is 5.97 Å². The molecule has 0 fully saturated rings. The largest absolute Gasteiger partial charge is 0.478 e. The van der Waals surface area contributed by atoms with E-state index in [0.717, 1.165) is 0 Å². The third kappa shape index (κ3) is 1.94. The van der Waals surface area contributed by atoms with E-state index in [4.69, 9.17) is 16.6 Å². The summed E-state index contributed by atoms with van der Waals surface area (Å²) in [5.74, 6) is -0.755. The summed E-state index contributed by atoms with van der Waals surface area (Å²) in [7, 11) is 0. The molecule has 0 bridgehead atoms. The molecule has 5 N–H and O–H groups in total. The molecule has 5 nitrogen and oxygen atoms in total. The Labute approximate surface area is 75.4 Å². The van der Waals surface area contributed by atoms with Gasteiger partial charge in [-0.1, -0.05) is 0 Å². The summed E-state index contributed by atoms with van der Waals surface area (Å²) in [5.41, 5.74) is 11.7. The molecule has 0 saturated heterocycles. The first-order valence-corrected chi connectivity index (χ1v) is 3.76. The van der Waals surface area contributed by atoms with Crippen LogP contribution < -0.4 is 11.5 Å². The molecule has 0 radical (unpaired) electrons. The van der Waals surface area contributed by atoms with Crippen molar-refractivity contribution in [2.75, 3.05) is 5.73 Å². The zero-order valence-electron chi connectivity index (χ0n) is 7.19. The van der Waals surface area contributed by atoms with Gasteiger partial charge < -0.3 is 16.6 Å². The molecule has 0 aliphatic heterocycles. The summed E-state index contributed by atoms with van der Waals surface area (Å²) in [5, 5.41) is 8.66. The lowest BCUT2D eigenvalue weighted by molar-refractivity contribution is 0.0696. The number of hydrogen-bond donors (Lipinski definition) is 3. The van der Waals surface area contributed by atoms with E-state index in [1.807, 2.05) is 0 Å². The predicted octanol–water partition coefficient (Wildman–Crippen LogP) is 0.382. The highest BCUT2D eigenvalue weighted by atomic mass is 16.4. The topological polar surface area (TPSA) is 102 Å². The van der Waals surface area contributed by atoms with E-state index in [1.54, 1.807) is 6.92 Å². The number of carbonyl (C=O) groups is 1. The molecule has 1 heterocycles. The van der Waals surface area contributed by atoms with Crippen molar-refractivity contribution in [2.24, 2.45) is 5.73 Å². The van der Waals surface area contributed by atoms with Crippen LogP contribution in [-0.2, 0) is 0 Å². The Bertz CT molecular complexity index is 336. The average molecular weight is 181 g/mol. The number of carboxylic acid groups (broad SMARTS) is 1. The average Bonchev–Trinajstić information content (AvgIpc) is 2.04. The summed E-state index contributed by atoms with van der Waals surface area (Å²) in [6.45, 7) is 1.72. The maximum absolute atomic E-state index is 10.6. The zero-order chi connectivity index (χ0) is 10.0. The monoisotopic (exact) mass is 181 g/mol. The quantitative estimate of drug-likeness (QED) is 0.612. The minimum atomic E-state index is -1.03. The van der Waals surface area contributed by atoms with Gasteiger partial charge in [-0.3, -0.25) is 0 Å². The van der Waals surface area contributed by atoms with Crippen LogP contribution in [0.2, 0.25) is 0 Å². The Hall–Kier alpha value is -1.62. The summed E-state index contributed by atoms with van der Waals surface area (Å²) in [6, 6.07) is 1.13. The number of hydrogen-bond acceptors (Lipinski definition) is 4. The molecule has 0 spiro atoms. The van der Waals surface area contributed by atoms with Crippen LogP contribution in [0.1, 0.15) is 28.9 Å². The zero-order valence-corrected chi connectivity index (χ0v) is 7.19. The van der Waals surface area contributed by atoms with Crippen LogP contribution in [0, 0.1) is 0 Å². The normalized spacial score (nSPS) is 12.5. The van der Waals surface area contributed by atoms with Gasteiger partial charge in [0, 0.05) is 17.8 Å². The van der Waals surface area contributed by atoms with Crippen molar-refractivity contribution in [2.45, 2.75) is 13.0 Å². The van der Waals surface area contributed by atoms with Crippen LogP contribution in [0.4, 0.5) is 5.82 Å². The number of nitrogens with two attached hydrogens (primary N) is 2. The van der Waals surface area contributed by atoms with E-state index in [-0.39, 0.29) is 17.4 Å². The summed E-state index contributed by atoms with van der Waals surface area (Å²) < 4.78 is 0. The molecule has 1 rings (SSSR count). The third-order valence-electron chi connectivity index (χ3n) is 1.69. The van der Waals surface area contributed by atoms with Crippen molar-refractivity contribution in [3.8, 4) is 0 Å². The summed E-state index contributed by atoms with van der Waals surface area (Å²) >= 11 is 0. The number of nitrogen functional groups attached to an aromatic ring is 1. The first kappa shape index (κ1) is 9.47. The lowest BCUT2D eigenvalue weighted by Crippen LogP contribution is -2.11. The molecular weight excluding hydrogens is 170 g/mol. The van der Waals surface area contributed by atoms with Crippen LogP contribution >= 0.6 is 0 Å². The summed E-state index contributed by atoms with van der Waals surface area (Å²) in [4.78, 5) is 14.3. The van der Waals surface area contributed by atoms with Gasteiger partial charge in [0.1, 0.15) is 5.82 Å². The fourth-order valence-corrected chi connectivity index (χ4v) is 0.974. The number of rotatable bonds is 2. The maximum atomic E-state index is 10.6. The van der Waals surface area contributed by atoms with Gasteiger partial charge in [0.25, 0.3) is 0 Å². The number of aromatic carboxylic acids is 1. The van der Waals surface area contributed by atoms with Gasteiger partial charge in [-0.05, 0) is 13.0 Å². The van der Waals surface area contributed by atoms with Crippen molar-refractivity contribution < 1.29 is 9.90 Å². The van der Waals surface area contributed by atoms with Gasteiger partial charge in [-0.25, -0.2) is 9.78 Å². The van der Waals surface area contributed by atoms with Gasteiger partial charge in [-0.2, -0.15) is 0 Å². The molecule has 5 heteroatoms. The van der Waals surface area contributed by atoms with E-state index in [0.29, 0.717) is 5.56 Å². The minimum absolute atomic E-state index is 0.0986. The Morgan fingerprint density at radius 1 is 1.69 bits per heavy atom. The Morgan fingerprint density at radius 2 is 2.31 bits per heavy atom. The number of nitrogens with zero attached hydrogens (tertiary/aromatic N) is 1. The molecule has 1 atom stereocenters. The van der Waals surface area contributed by atoms with Crippen LogP contribution in [0.5, 0.6) is 0 Å². The van der Waals surface area contributed by atoms with Crippen molar-refractivity contribution in [1.82, 2.24) is 4.98 Å². The van der Waals surface area contributed by atoms with Gasteiger partial charge in [-0.15, -0.1) is 0 Å². The van der Waals surface area contributed by atoms with Gasteiger partial charge in [0.15, 0.2) is 0 Å². The lowest BCUT2D eigenvalue weighted by Gasteiger charge is -2.08. The molecule has 0 aliphatic rings. The van der Waals surface area contributed by atoms with Gasteiger partial charge in [0.05, 0.1) is 5.56 Å². The number of aromatic nitrogens is 1. The Balaban J connectivity index is 3.19. The van der Waals surface area contributed by atoms with Crippen LogP contribution in [-0.4, -0.2) is 16.1 Å². The fourth-order valence-electron chi connectivity index (χ4n) is 0.974. The van der Waals surface area contributed by atoms with E-state index in [2.05, 4.69) is 4.98 Å². The van der Waals surface area contributed by atoms with Gasteiger partial charge in [0.2, 0.25) is 0 Å². The molecule has 0 aromatic carbocycles. The molecule has 0 aliphatic carbocycles. The van der Waals surface area contributed by atoms with Crippen molar-refractivity contribution in [1.29, 1.82) is 0 Å². The highest BCUT2D eigenvalue weighted by Crippen LogP contribution is 2.17. The van der Waals surface area contributed by atoms with Crippen LogP contribution in [0.15, 0.2) is 12.3 Å². The Kier molecular flexibility index (Phi) is 2.48. The number of anilines is 1. The standard InChI is InChI=1S/C8H11N3O2/c1-4(9)6-2-5(8(12)13)3-11-7(6)10/h2-4H,9H2,1H3,(H2,10,11)(H,12,13). The molecule has 0 saturated carbocycles. The van der Waals surface area contributed by atoms with E-state index in [1.165, 1.54) is 12.3 Å². The Morgan fingerprint density at radius 3 is 2.77 bits per heavy atom. The highest BCUT2D eigenvalue weighted by Gasteiger charge is 2.10. The molecule has 1 unspecified atom stereocenters. The molecule has 70 valence electrons. The first-order valence-electron chi connectivity index (χ1n) is 3.76. The molecule has 1 aromatic heterocycles. The molecular formula is C8H11N3O2. The number of pyridine rings is 1. The van der Waals surface area contributed by atoms with Crippen molar-refractivity contribution >= 4 is 11.8 Å². The second-order valence-electron chi connectivity index (χ2n) is 2.79. The maximum Gasteiger partial charge on any atom is 0.337 e. The van der Waals surface area contributed by atoms with Crippen molar-refractivity contribution in [3.05, 3.63) is 23.4 Å². The minimum Gasteiger partial charge on any atom is -0.478 e. The second kappa shape index (κ2) is 3.40. The SMILES string of the molecule is CC(N)c1cc(C(=O)O)cnc1N. The van der Waals surface area contributed by atoms with E-state index in [9.17, 15) is 4.79 Å². The second-order valence-corrected chi connectivity index (χ2v) is 2.79. The van der Waals surface area contributed by atoms with Gasteiger partial charge >= 0.3 is 5.97 Å². The van der Waals surface area contributed by atoms with Crippen LogP contribution in [0.3, 0.4) is 0 Å². The first-order chi connectivity index (χ1) is 6.02. The fraction of sp³-hybridized carbons (Fsp3) is 0.250. The van der Waals surface area contributed by atoms with E-state index >= 15 is 0 Å². The van der Waals surface area contributed by atoms with Crippen LogP contribution in [0.25, 0.3) is 0 Å². The predicted molar refractivity (Wildman–Crippen MR) is 48.2 cm³/mol.